The first-order chi connectivity index (χ1) is 9.16. The smallest absolute Gasteiger partial charge is 0.357 e. The number of hydrogen-bond acceptors (Lipinski definition) is 2. The molecular weight excluding hydrogens is 308 g/mol. The molecule has 98 valence electrons. The zero-order valence-corrected chi connectivity index (χ0v) is 11.9. The summed E-state index contributed by atoms with van der Waals surface area (Å²) in [5.74, 6) is -0.961. The Hall–Kier alpha value is -1.62. The highest BCUT2D eigenvalue weighted by Crippen LogP contribution is 2.32. The van der Waals surface area contributed by atoms with Crippen LogP contribution >= 0.6 is 15.9 Å². The summed E-state index contributed by atoms with van der Waals surface area (Å²) in [6.07, 6.45) is 3.04. The van der Waals surface area contributed by atoms with Crippen LogP contribution in [0.3, 0.4) is 0 Å². The number of carboxylic acid groups (broad SMARTS) is 1. The SMILES string of the molecule is O=C(O)c1nn2c(c1-c1cccc(Br)c1)CCCC2. The fourth-order valence-electron chi connectivity index (χ4n) is 2.59. The molecule has 4 nitrogen and oxygen atoms in total. The van der Waals surface area contributed by atoms with Gasteiger partial charge in [0.15, 0.2) is 5.69 Å². The Bertz CT molecular complexity index is 649. The quantitative estimate of drug-likeness (QED) is 0.923. The molecule has 0 unspecified atom stereocenters. The molecule has 1 aliphatic heterocycles. The van der Waals surface area contributed by atoms with Gasteiger partial charge in [-0.1, -0.05) is 28.1 Å². The van der Waals surface area contributed by atoms with E-state index in [1.54, 1.807) is 0 Å². The molecule has 0 radical (unpaired) electrons. The van der Waals surface area contributed by atoms with Crippen molar-refractivity contribution in [1.82, 2.24) is 9.78 Å². The lowest BCUT2D eigenvalue weighted by Gasteiger charge is -2.14. The van der Waals surface area contributed by atoms with Crippen LogP contribution < -0.4 is 0 Å². The number of halogens is 1. The van der Waals surface area contributed by atoms with Crippen molar-refractivity contribution in [3.8, 4) is 11.1 Å². The monoisotopic (exact) mass is 320 g/mol. The van der Waals surface area contributed by atoms with Crippen LogP contribution in [0.1, 0.15) is 29.0 Å². The van der Waals surface area contributed by atoms with Gasteiger partial charge in [0.1, 0.15) is 0 Å². The fourth-order valence-corrected chi connectivity index (χ4v) is 2.99. The molecule has 3 rings (SSSR count). The van der Waals surface area contributed by atoms with E-state index in [9.17, 15) is 9.90 Å². The van der Waals surface area contributed by atoms with Crippen LogP contribution in [0.5, 0.6) is 0 Å². The van der Waals surface area contributed by atoms with Gasteiger partial charge in [-0.3, -0.25) is 4.68 Å². The van der Waals surface area contributed by atoms with Crippen LogP contribution in [0.4, 0.5) is 0 Å². The predicted octanol–water partition coefficient (Wildman–Crippen LogP) is 3.35. The van der Waals surface area contributed by atoms with Gasteiger partial charge >= 0.3 is 5.97 Å². The minimum absolute atomic E-state index is 0.162. The minimum atomic E-state index is -0.961. The third-order valence-electron chi connectivity index (χ3n) is 3.41. The van der Waals surface area contributed by atoms with Crippen LogP contribution in [-0.4, -0.2) is 20.9 Å². The lowest BCUT2D eigenvalue weighted by molar-refractivity contribution is 0.0690. The van der Waals surface area contributed by atoms with Crippen LogP contribution in [-0.2, 0) is 13.0 Å². The van der Waals surface area contributed by atoms with E-state index in [1.165, 1.54) is 0 Å². The first kappa shape index (κ1) is 12.4. The highest BCUT2D eigenvalue weighted by atomic mass is 79.9. The third kappa shape index (κ3) is 2.18. The number of fused-ring (bicyclic) bond motifs is 1. The van der Waals surface area contributed by atoms with E-state index in [2.05, 4.69) is 21.0 Å². The number of carboxylic acids is 1. The van der Waals surface area contributed by atoms with E-state index >= 15 is 0 Å². The standard InChI is InChI=1S/C14H13BrN2O2/c15-10-5-3-4-9(8-10)12-11-6-1-2-7-17(11)16-13(12)14(18)19/h3-5,8H,1-2,6-7H2,(H,18,19). The van der Waals surface area contributed by atoms with Crippen LogP contribution in [0.25, 0.3) is 11.1 Å². The van der Waals surface area contributed by atoms with Crippen molar-refractivity contribution in [3.63, 3.8) is 0 Å². The molecule has 1 aromatic carbocycles. The molecular formula is C14H13BrN2O2. The molecule has 2 aromatic rings. The summed E-state index contributed by atoms with van der Waals surface area (Å²) in [5.41, 5.74) is 2.89. The summed E-state index contributed by atoms with van der Waals surface area (Å²) in [6, 6.07) is 7.72. The van der Waals surface area contributed by atoms with Crippen LogP contribution in [0, 0.1) is 0 Å². The third-order valence-corrected chi connectivity index (χ3v) is 3.90. The Morgan fingerprint density at radius 3 is 2.95 bits per heavy atom. The Balaban J connectivity index is 2.23. The maximum Gasteiger partial charge on any atom is 0.357 e. The van der Waals surface area contributed by atoms with E-state index in [4.69, 9.17) is 0 Å². The number of aromatic nitrogens is 2. The summed E-state index contributed by atoms with van der Waals surface area (Å²) in [5, 5.41) is 13.6. The number of carbonyl (C=O) groups is 1. The number of hydrogen-bond donors (Lipinski definition) is 1. The molecule has 0 bridgehead atoms. The molecule has 0 saturated heterocycles. The summed E-state index contributed by atoms with van der Waals surface area (Å²) in [7, 11) is 0. The number of aromatic carboxylic acids is 1. The number of rotatable bonds is 2. The molecule has 0 atom stereocenters. The first-order valence-electron chi connectivity index (χ1n) is 6.26. The predicted molar refractivity (Wildman–Crippen MR) is 75.3 cm³/mol. The fraction of sp³-hybridized carbons (Fsp3) is 0.286. The Morgan fingerprint density at radius 1 is 1.37 bits per heavy atom. The van der Waals surface area contributed by atoms with Gasteiger partial charge < -0.3 is 5.11 Å². The van der Waals surface area contributed by atoms with Crippen molar-refractivity contribution in [2.75, 3.05) is 0 Å². The molecule has 0 spiro atoms. The van der Waals surface area contributed by atoms with Gasteiger partial charge in [0.2, 0.25) is 0 Å². The van der Waals surface area contributed by atoms with E-state index in [0.29, 0.717) is 0 Å². The number of aryl methyl sites for hydroxylation is 1. The van der Waals surface area contributed by atoms with E-state index < -0.39 is 5.97 Å². The van der Waals surface area contributed by atoms with Crippen LogP contribution in [0.2, 0.25) is 0 Å². The van der Waals surface area contributed by atoms with Crippen molar-refractivity contribution >= 4 is 21.9 Å². The molecule has 0 fully saturated rings. The molecule has 2 heterocycles. The highest BCUT2D eigenvalue weighted by Gasteiger charge is 2.25. The van der Waals surface area contributed by atoms with Crippen LogP contribution in [0.15, 0.2) is 28.7 Å². The Labute approximate surface area is 119 Å². The second-order valence-electron chi connectivity index (χ2n) is 4.67. The van der Waals surface area contributed by atoms with E-state index in [-0.39, 0.29) is 5.69 Å². The summed E-state index contributed by atoms with van der Waals surface area (Å²) in [6.45, 7) is 0.809. The highest BCUT2D eigenvalue weighted by molar-refractivity contribution is 9.10. The van der Waals surface area contributed by atoms with Crippen molar-refractivity contribution in [2.24, 2.45) is 0 Å². The zero-order chi connectivity index (χ0) is 13.4. The zero-order valence-electron chi connectivity index (χ0n) is 10.3. The van der Waals surface area contributed by atoms with Gasteiger partial charge in [-0.2, -0.15) is 5.10 Å². The molecule has 19 heavy (non-hydrogen) atoms. The molecule has 1 aliphatic rings. The first-order valence-corrected chi connectivity index (χ1v) is 7.05. The van der Waals surface area contributed by atoms with Gasteiger partial charge in [-0.05, 0) is 37.0 Å². The second-order valence-corrected chi connectivity index (χ2v) is 5.58. The second kappa shape index (κ2) is 4.81. The van der Waals surface area contributed by atoms with Gasteiger partial charge in [0.25, 0.3) is 0 Å². The van der Waals surface area contributed by atoms with Crippen molar-refractivity contribution < 1.29 is 9.90 Å². The summed E-state index contributed by atoms with van der Waals surface area (Å²) >= 11 is 3.43. The summed E-state index contributed by atoms with van der Waals surface area (Å²) in [4.78, 5) is 11.4. The molecule has 1 N–H and O–H groups in total. The maximum absolute atomic E-state index is 11.4. The van der Waals surface area contributed by atoms with E-state index in [0.717, 1.165) is 47.1 Å². The average Bonchev–Trinajstić information content (AvgIpc) is 2.78. The average molecular weight is 321 g/mol. The largest absolute Gasteiger partial charge is 0.476 e. The Morgan fingerprint density at radius 2 is 2.21 bits per heavy atom. The molecule has 5 heteroatoms. The molecule has 0 amide bonds. The van der Waals surface area contributed by atoms with Gasteiger partial charge in [0, 0.05) is 22.3 Å². The van der Waals surface area contributed by atoms with Crippen molar-refractivity contribution in [2.45, 2.75) is 25.8 Å². The van der Waals surface area contributed by atoms with Crippen molar-refractivity contribution in [1.29, 1.82) is 0 Å². The summed E-state index contributed by atoms with van der Waals surface area (Å²) < 4.78 is 2.79. The molecule has 0 aliphatic carbocycles. The molecule has 0 saturated carbocycles. The minimum Gasteiger partial charge on any atom is -0.476 e. The van der Waals surface area contributed by atoms with E-state index in [1.807, 2.05) is 28.9 Å². The maximum atomic E-state index is 11.4. The Kier molecular flexibility index (Phi) is 3.14. The van der Waals surface area contributed by atoms with Gasteiger partial charge in [-0.25, -0.2) is 4.79 Å². The normalized spacial score (nSPS) is 14.2. The van der Waals surface area contributed by atoms with Gasteiger partial charge in [0.05, 0.1) is 0 Å². The lowest BCUT2D eigenvalue weighted by atomic mass is 9.98. The molecule has 1 aromatic heterocycles. The van der Waals surface area contributed by atoms with Crippen molar-refractivity contribution in [3.05, 3.63) is 40.1 Å². The topological polar surface area (TPSA) is 55.1 Å². The number of nitrogens with zero attached hydrogens (tertiary/aromatic N) is 2. The number of benzene rings is 1. The van der Waals surface area contributed by atoms with Gasteiger partial charge in [-0.15, -0.1) is 0 Å². The lowest BCUT2D eigenvalue weighted by Crippen LogP contribution is -2.11.